The third-order valence-corrected chi connectivity index (χ3v) is 23.1. The van der Waals surface area contributed by atoms with Crippen molar-refractivity contribution < 1.29 is 133 Å². The first-order valence-corrected chi connectivity index (χ1v) is 44.9. The Hall–Kier alpha value is -15.7. The van der Waals surface area contributed by atoms with Crippen molar-refractivity contribution in [1.82, 2.24) is 0 Å². The van der Waals surface area contributed by atoms with Crippen LogP contribution in [0, 0.1) is 23.7 Å². The van der Waals surface area contributed by atoms with Gasteiger partial charge in [0.2, 0.25) is 29.5 Å². The molecule has 5 aliphatic rings. The van der Waals surface area contributed by atoms with Crippen molar-refractivity contribution in [3.63, 3.8) is 0 Å². The lowest BCUT2D eigenvalue weighted by atomic mass is 9.87. The molecule has 5 aliphatic heterocycles. The third kappa shape index (κ3) is 24.7. The Labute approximate surface area is 800 Å². The first-order chi connectivity index (χ1) is 66.7. The number of fused-ring (bicyclic) bond motifs is 5. The number of nitrogens with one attached hydrogen (secondary N) is 5. The van der Waals surface area contributed by atoms with Crippen LogP contribution in [0.15, 0.2) is 164 Å². The molecule has 0 aliphatic carbocycles. The molecule has 728 valence electrons. The number of rotatable bonds is 36. The van der Waals surface area contributed by atoms with E-state index in [0.717, 1.165) is 57.8 Å². The molecule has 4 atom stereocenters. The molecular formula is C105H115N5O28. The Morgan fingerprint density at radius 2 is 0.486 bits per heavy atom. The van der Waals surface area contributed by atoms with Crippen molar-refractivity contribution in [3.05, 3.63) is 192 Å². The lowest BCUT2D eigenvalue weighted by molar-refractivity contribution is -0.119. The molecular weight excluding hydrogens is 1780 g/mol. The van der Waals surface area contributed by atoms with Gasteiger partial charge in [0.25, 0.3) is 0 Å². The maximum Gasteiger partial charge on any atom is 0.235 e. The molecule has 5 heterocycles. The summed E-state index contributed by atoms with van der Waals surface area (Å²) in [5.41, 5.74) is 3.67. The van der Waals surface area contributed by atoms with Gasteiger partial charge in [-0.2, -0.15) is 0 Å². The lowest BCUT2D eigenvalue weighted by Gasteiger charge is -2.26. The van der Waals surface area contributed by atoms with E-state index in [4.69, 9.17) is 85.3 Å². The topological polar surface area (TPSA) is 397 Å². The Kier molecular flexibility index (Phi) is 36.5. The number of carbonyl (C=O) groups excluding carboxylic acids is 10. The summed E-state index contributed by atoms with van der Waals surface area (Å²) >= 11 is 0. The van der Waals surface area contributed by atoms with E-state index in [2.05, 4.69) is 47.4 Å². The number of ketones is 5. The summed E-state index contributed by atoms with van der Waals surface area (Å²) in [7, 11) is 19.9. The summed E-state index contributed by atoms with van der Waals surface area (Å²) in [6.45, 7) is 8.06. The molecule has 5 N–H and O–H groups in total. The van der Waals surface area contributed by atoms with E-state index in [0.29, 0.717) is 214 Å². The van der Waals surface area contributed by atoms with Gasteiger partial charge in [0, 0.05) is 76.3 Å². The number of unbranched alkanes of at least 4 members (excludes halogenated alkanes) is 6. The van der Waals surface area contributed by atoms with E-state index < -0.39 is 23.7 Å². The molecule has 4 unspecified atom stereocenters. The summed E-state index contributed by atoms with van der Waals surface area (Å²) in [6, 6.07) is 45.8. The zero-order valence-electron chi connectivity index (χ0n) is 80.2. The van der Waals surface area contributed by atoms with Gasteiger partial charge in [0.1, 0.15) is 81.2 Å². The zero-order valence-corrected chi connectivity index (χ0v) is 80.2. The molecule has 0 saturated heterocycles. The standard InChI is InChI=1S/C23H27NO6.2C22H25NO5.C20H21NO6.C18H17NO6/c1-5-6-7-8-16-22(25)17-11-15(28-3)13-20(21(17)24-23(16)26)30-18-10-9-14(27-2)12-19(18)29-4;1-4-5-6-9-15-21(24)16-12-14(26-2)13-19(20(16)23-22(15)25)28-18-11-8-7-10-17(18)27-3;1-4-5-6-7-17-21(24)18-12-16(27-3)13-19(20(18)23-22(17)25)28-15-10-8-14(26-2)9-11-15;1-5-13-19(22)14-8-12(25-3)10-17(18(14)21-20(13)23)27-15-7-6-11(24-2)9-16(15)26-4;1-22-10-4-5-14(15(7-10)24-3)25-16-8-11(23-2)6-12-13(20)9-17(21)19-18(12)16/h9-13,16H,5-8H2,1-4H3,(H,24,26);7-8,10-13,15H,4-6,9H2,1-3H3,(H,23,25);8-13,17H,4-7H2,1-3H3,(H,23,25);6-10,13H,5H2,1-4H3,(H,21,23);4-8H,9H2,1-3H3,(H,19,21). The minimum absolute atomic E-state index is 0.187. The van der Waals surface area contributed by atoms with Crippen molar-refractivity contribution in [3.8, 4) is 132 Å². The molecule has 0 aromatic heterocycles. The molecule has 33 heteroatoms. The second-order valence-electron chi connectivity index (χ2n) is 31.8. The molecule has 10 aromatic carbocycles. The van der Waals surface area contributed by atoms with Crippen molar-refractivity contribution in [1.29, 1.82) is 0 Å². The number of hydrogen-bond donors (Lipinski definition) is 5. The molecule has 0 spiro atoms. The summed E-state index contributed by atoms with van der Waals surface area (Å²) < 4.78 is 98.5. The lowest BCUT2D eigenvalue weighted by Crippen LogP contribution is -2.35. The monoisotopic (exact) mass is 1890 g/mol. The number of benzene rings is 10. The number of methoxy groups -OCH3 is 13. The zero-order chi connectivity index (χ0) is 99.4. The normalized spacial score (nSPS) is 15.1. The van der Waals surface area contributed by atoms with E-state index in [9.17, 15) is 47.9 Å². The van der Waals surface area contributed by atoms with Crippen LogP contribution in [0.3, 0.4) is 0 Å². The Bertz CT molecular complexity index is 6110. The van der Waals surface area contributed by atoms with Crippen LogP contribution in [0.5, 0.6) is 132 Å². The van der Waals surface area contributed by atoms with Gasteiger partial charge in [-0.3, -0.25) is 47.9 Å². The first kappa shape index (κ1) is 103. The number of ether oxygens (including phenoxy) is 18. The number of hydrogen-bond acceptors (Lipinski definition) is 28. The van der Waals surface area contributed by atoms with E-state index in [1.54, 1.807) is 194 Å². The summed E-state index contributed by atoms with van der Waals surface area (Å²) in [5.74, 6) is 5.20. The smallest absolute Gasteiger partial charge is 0.235 e. The van der Waals surface area contributed by atoms with Crippen LogP contribution < -0.4 is 112 Å². The van der Waals surface area contributed by atoms with Crippen LogP contribution in [0.25, 0.3) is 0 Å². The highest BCUT2D eigenvalue weighted by atomic mass is 16.5. The predicted molar refractivity (Wildman–Crippen MR) is 516 cm³/mol. The maximum absolute atomic E-state index is 13.1. The highest BCUT2D eigenvalue weighted by Gasteiger charge is 2.41. The molecule has 5 amide bonds. The van der Waals surface area contributed by atoms with Gasteiger partial charge < -0.3 is 112 Å². The Balaban J connectivity index is 0.000000166. The van der Waals surface area contributed by atoms with Gasteiger partial charge in [0.05, 0.1) is 127 Å². The third-order valence-electron chi connectivity index (χ3n) is 23.1. The predicted octanol–water partition coefficient (Wildman–Crippen LogP) is 21.2. The summed E-state index contributed by atoms with van der Waals surface area (Å²) in [5, 5.41) is 14.1. The fourth-order valence-electron chi connectivity index (χ4n) is 15.6. The van der Waals surface area contributed by atoms with Gasteiger partial charge in [-0.15, -0.1) is 0 Å². The largest absolute Gasteiger partial charge is 0.497 e. The Morgan fingerprint density at radius 3 is 0.783 bits per heavy atom. The van der Waals surface area contributed by atoms with Crippen LogP contribution in [0.2, 0.25) is 0 Å². The Morgan fingerprint density at radius 1 is 0.232 bits per heavy atom. The minimum Gasteiger partial charge on any atom is -0.497 e. The second-order valence-corrected chi connectivity index (χ2v) is 31.8. The van der Waals surface area contributed by atoms with Crippen molar-refractivity contribution in [2.45, 2.75) is 118 Å². The number of Topliss-reactive ketones (excluding diaryl/α,β-unsaturated/α-hetero) is 5. The number of carbonyl (C=O) groups is 10. The number of para-hydroxylation sites is 2. The second kappa shape index (κ2) is 49.0. The molecule has 15 rings (SSSR count). The summed E-state index contributed by atoms with van der Waals surface area (Å²) in [4.78, 5) is 126. The van der Waals surface area contributed by atoms with E-state index in [1.165, 1.54) is 56.9 Å². The first-order valence-electron chi connectivity index (χ1n) is 44.9. The minimum atomic E-state index is -0.715. The molecule has 0 radical (unpaired) electrons. The van der Waals surface area contributed by atoms with Gasteiger partial charge in [-0.05, 0) is 129 Å². The van der Waals surface area contributed by atoms with Crippen molar-refractivity contribution in [2.75, 3.05) is 119 Å². The van der Waals surface area contributed by atoms with Crippen molar-refractivity contribution in [2.24, 2.45) is 23.7 Å². The quantitative estimate of drug-likeness (QED) is 0.0180. The van der Waals surface area contributed by atoms with Crippen LogP contribution in [0.1, 0.15) is 169 Å². The molecule has 10 aromatic rings. The van der Waals surface area contributed by atoms with Gasteiger partial charge in [-0.25, -0.2) is 0 Å². The highest BCUT2D eigenvalue weighted by Crippen LogP contribution is 2.50. The molecule has 0 saturated carbocycles. The molecule has 33 nitrogen and oxygen atoms in total. The van der Waals surface area contributed by atoms with E-state index in [-0.39, 0.29) is 64.9 Å². The molecule has 0 bridgehead atoms. The number of anilines is 5. The average Bonchev–Trinajstić information content (AvgIpc) is 0.785. The fraction of sp³-hybridized carbons (Fsp3) is 0.333. The van der Waals surface area contributed by atoms with Crippen LogP contribution in [0.4, 0.5) is 28.4 Å². The summed E-state index contributed by atoms with van der Waals surface area (Å²) in [6.07, 6.45) is 10.4. The molecule has 0 fully saturated rings. The van der Waals surface area contributed by atoms with Gasteiger partial charge >= 0.3 is 0 Å². The van der Waals surface area contributed by atoms with E-state index >= 15 is 0 Å². The highest BCUT2D eigenvalue weighted by molar-refractivity contribution is 6.25. The molecule has 138 heavy (non-hydrogen) atoms. The SMILES string of the molecule is CCC1C(=O)Nc2c(Oc3ccc(OC)cc3OC)cc(OC)cc2C1=O.CCCCCC1C(=O)Nc2c(Oc3ccc(OC)cc3)cc(OC)cc2C1=O.CCCCCC1C(=O)Nc2c(Oc3ccc(OC)cc3OC)cc(OC)cc2C1=O.CCCCCC1C(=O)Nc2c(Oc3ccccc3OC)cc(OC)cc2C1=O.COc1ccc(Oc2cc(OC)cc3c2NC(=O)CC3=O)c(OC)c1. The average molecular weight is 1900 g/mol. The number of amides is 5. The van der Waals surface area contributed by atoms with Gasteiger partial charge in [-0.1, -0.05) is 97.6 Å². The van der Waals surface area contributed by atoms with Gasteiger partial charge in [0.15, 0.2) is 104 Å². The maximum atomic E-state index is 13.1. The van der Waals surface area contributed by atoms with Crippen LogP contribution in [-0.4, -0.2) is 151 Å². The van der Waals surface area contributed by atoms with E-state index in [1.807, 2.05) is 12.1 Å². The van der Waals surface area contributed by atoms with Crippen molar-refractivity contribution >= 4 is 86.9 Å². The van der Waals surface area contributed by atoms with Crippen LogP contribution >= 0.6 is 0 Å². The van der Waals surface area contributed by atoms with Crippen LogP contribution in [-0.2, 0) is 24.0 Å². The fourth-order valence-corrected chi connectivity index (χ4v) is 15.6.